The summed E-state index contributed by atoms with van der Waals surface area (Å²) in [6.45, 7) is 0. The minimum Gasteiger partial charge on any atom is -0.481 e. The first-order chi connectivity index (χ1) is 17.9. The van der Waals surface area contributed by atoms with Crippen molar-refractivity contribution in [2.24, 2.45) is 0 Å². The first kappa shape index (κ1) is 28.5. The highest BCUT2D eigenvalue weighted by molar-refractivity contribution is 7.99. The van der Waals surface area contributed by atoms with Gasteiger partial charge in [-0.2, -0.15) is 0 Å². The first-order valence-corrected chi connectivity index (χ1v) is 13.8. The zero-order valence-corrected chi connectivity index (χ0v) is 21.9. The van der Waals surface area contributed by atoms with E-state index in [-0.39, 0.29) is 6.42 Å². The molecular weight excluding hydrogens is 484 g/mol. The van der Waals surface area contributed by atoms with Gasteiger partial charge in [0, 0.05) is 4.90 Å². The van der Waals surface area contributed by atoms with Gasteiger partial charge in [0.05, 0.1) is 11.7 Å². The monoisotopic (exact) mass is 520 g/mol. The number of carbonyl (C=O) groups is 2. The van der Waals surface area contributed by atoms with Crippen molar-refractivity contribution in [1.29, 1.82) is 0 Å². The third-order valence-electron chi connectivity index (χ3n) is 6.45. The highest BCUT2D eigenvalue weighted by Gasteiger charge is 2.30. The minimum absolute atomic E-state index is 0.0675. The number of hydrogen-bond donors (Lipinski definition) is 3. The maximum absolute atomic E-state index is 11.7. The number of aliphatic hydroxyl groups is 1. The SMILES string of the molecule is O=C(O)Cc1ccc(S[C@H](c2ccccc2CCCCCCCCc2ccccc2)[C@@H](O)C(=O)O)cc1. The van der Waals surface area contributed by atoms with Crippen molar-refractivity contribution in [3.8, 4) is 0 Å². The number of aliphatic hydroxyl groups excluding tert-OH is 1. The van der Waals surface area contributed by atoms with Crippen LogP contribution in [0.25, 0.3) is 0 Å². The van der Waals surface area contributed by atoms with Crippen molar-refractivity contribution >= 4 is 23.7 Å². The van der Waals surface area contributed by atoms with E-state index in [0.717, 1.165) is 41.7 Å². The molecular formula is C31H36O5S. The summed E-state index contributed by atoms with van der Waals surface area (Å²) in [6.07, 6.45) is 7.28. The molecule has 0 aliphatic rings. The molecule has 37 heavy (non-hydrogen) atoms. The molecule has 3 rings (SSSR count). The van der Waals surface area contributed by atoms with E-state index in [2.05, 4.69) is 24.3 Å². The van der Waals surface area contributed by atoms with E-state index in [9.17, 15) is 19.8 Å². The second-order valence-electron chi connectivity index (χ2n) is 9.34. The Hall–Kier alpha value is -3.09. The predicted molar refractivity (Wildman–Crippen MR) is 148 cm³/mol. The van der Waals surface area contributed by atoms with Crippen LogP contribution in [-0.4, -0.2) is 33.4 Å². The van der Waals surface area contributed by atoms with Gasteiger partial charge in [0.1, 0.15) is 0 Å². The molecule has 3 aromatic rings. The molecule has 196 valence electrons. The van der Waals surface area contributed by atoms with Gasteiger partial charge >= 0.3 is 11.9 Å². The molecule has 0 bridgehead atoms. The highest BCUT2D eigenvalue weighted by atomic mass is 32.2. The summed E-state index contributed by atoms with van der Waals surface area (Å²) in [5.74, 6) is -2.16. The van der Waals surface area contributed by atoms with Crippen LogP contribution >= 0.6 is 11.8 Å². The Labute approximate surface area is 223 Å². The maximum Gasteiger partial charge on any atom is 0.334 e. The Morgan fingerprint density at radius 3 is 1.92 bits per heavy atom. The third kappa shape index (κ3) is 9.71. The maximum atomic E-state index is 11.7. The lowest BCUT2D eigenvalue weighted by Gasteiger charge is -2.23. The van der Waals surface area contributed by atoms with Crippen molar-refractivity contribution in [3.05, 3.63) is 101 Å². The van der Waals surface area contributed by atoms with E-state index in [1.54, 1.807) is 24.3 Å². The molecule has 0 aliphatic heterocycles. The van der Waals surface area contributed by atoms with Crippen LogP contribution in [0.4, 0.5) is 0 Å². The van der Waals surface area contributed by atoms with E-state index in [1.807, 2.05) is 30.3 Å². The number of hydrogen-bond acceptors (Lipinski definition) is 4. The van der Waals surface area contributed by atoms with Gasteiger partial charge in [0.25, 0.3) is 0 Å². The molecule has 3 aromatic carbocycles. The van der Waals surface area contributed by atoms with Crippen LogP contribution in [0, 0.1) is 0 Å². The molecule has 0 aliphatic carbocycles. The molecule has 0 amide bonds. The van der Waals surface area contributed by atoms with Crippen molar-refractivity contribution in [1.82, 2.24) is 0 Å². The van der Waals surface area contributed by atoms with Gasteiger partial charge in [0.2, 0.25) is 0 Å². The zero-order chi connectivity index (χ0) is 26.5. The molecule has 3 N–H and O–H groups in total. The fourth-order valence-corrected chi connectivity index (χ4v) is 5.66. The van der Waals surface area contributed by atoms with Crippen LogP contribution in [0.15, 0.2) is 83.8 Å². The summed E-state index contributed by atoms with van der Waals surface area (Å²) < 4.78 is 0. The zero-order valence-electron chi connectivity index (χ0n) is 21.1. The van der Waals surface area contributed by atoms with Crippen molar-refractivity contribution in [3.63, 3.8) is 0 Å². The van der Waals surface area contributed by atoms with Crippen LogP contribution < -0.4 is 0 Å². The minimum atomic E-state index is -1.56. The van der Waals surface area contributed by atoms with E-state index >= 15 is 0 Å². The van der Waals surface area contributed by atoms with Crippen LogP contribution in [0.5, 0.6) is 0 Å². The lowest BCUT2D eigenvalue weighted by atomic mass is 9.96. The third-order valence-corrected chi connectivity index (χ3v) is 7.76. The Morgan fingerprint density at radius 1 is 0.676 bits per heavy atom. The van der Waals surface area contributed by atoms with Gasteiger partial charge in [-0.1, -0.05) is 92.4 Å². The number of aliphatic carboxylic acids is 2. The standard InChI is InChI=1S/C31H36O5S/c32-28(33)22-24-18-20-26(21-19-24)37-30(29(34)31(35)36)27-17-11-10-16-25(27)15-9-4-2-1-3-6-12-23-13-7-5-8-14-23/h5,7-8,10-11,13-14,16-21,29-30,34H,1-4,6,9,12,15,22H2,(H,32,33)(H,35,36)/t29-,30-/m1/s1. The number of carboxylic acid groups (broad SMARTS) is 2. The van der Waals surface area contributed by atoms with Gasteiger partial charge in [-0.25, -0.2) is 4.79 Å². The highest BCUT2D eigenvalue weighted by Crippen LogP contribution is 2.40. The number of rotatable bonds is 16. The molecule has 2 atom stereocenters. The number of unbranched alkanes of at least 4 members (excludes halogenated alkanes) is 5. The lowest BCUT2D eigenvalue weighted by molar-refractivity contribution is -0.146. The second kappa shape index (κ2) is 15.2. The van der Waals surface area contributed by atoms with Crippen molar-refractivity contribution in [2.75, 3.05) is 0 Å². The number of aryl methyl sites for hydroxylation is 2. The molecule has 5 nitrogen and oxygen atoms in total. The van der Waals surface area contributed by atoms with Gasteiger partial charge in [0.15, 0.2) is 6.10 Å². The lowest BCUT2D eigenvalue weighted by Crippen LogP contribution is -2.26. The average Bonchev–Trinajstić information content (AvgIpc) is 2.90. The van der Waals surface area contributed by atoms with Crippen LogP contribution in [0.3, 0.4) is 0 Å². The van der Waals surface area contributed by atoms with E-state index in [4.69, 9.17) is 5.11 Å². The van der Waals surface area contributed by atoms with Crippen molar-refractivity contribution < 1.29 is 24.9 Å². The van der Waals surface area contributed by atoms with Gasteiger partial charge < -0.3 is 15.3 Å². The predicted octanol–water partition coefficient (Wildman–Crippen LogP) is 6.72. The summed E-state index contributed by atoms with van der Waals surface area (Å²) in [5, 5.41) is 28.5. The second-order valence-corrected chi connectivity index (χ2v) is 10.6. The normalized spacial score (nSPS) is 12.7. The summed E-state index contributed by atoms with van der Waals surface area (Å²) >= 11 is 1.29. The van der Waals surface area contributed by atoms with Crippen LogP contribution in [0.2, 0.25) is 0 Å². The molecule has 0 fully saturated rings. The van der Waals surface area contributed by atoms with Crippen LogP contribution in [-0.2, 0) is 28.9 Å². The van der Waals surface area contributed by atoms with Crippen LogP contribution in [0.1, 0.15) is 66.0 Å². The van der Waals surface area contributed by atoms with Gasteiger partial charge in [-0.15, -0.1) is 11.8 Å². The molecule has 0 aromatic heterocycles. The van der Waals surface area contributed by atoms with Crippen molar-refractivity contribution in [2.45, 2.75) is 74.0 Å². The first-order valence-electron chi connectivity index (χ1n) is 12.9. The van der Waals surface area contributed by atoms with E-state index in [0.29, 0.717) is 5.56 Å². The fourth-order valence-electron chi connectivity index (χ4n) is 4.47. The summed E-state index contributed by atoms with van der Waals surface area (Å²) in [7, 11) is 0. The quantitative estimate of drug-likeness (QED) is 0.143. The Balaban J connectivity index is 1.54. The summed E-state index contributed by atoms with van der Waals surface area (Å²) in [6, 6.07) is 25.4. The largest absolute Gasteiger partial charge is 0.481 e. The number of benzene rings is 3. The number of thioether (sulfide) groups is 1. The smallest absolute Gasteiger partial charge is 0.334 e. The molecule has 0 saturated heterocycles. The average molecular weight is 521 g/mol. The van der Waals surface area contributed by atoms with Gasteiger partial charge in [-0.05, 0) is 60.1 Å². The molecule has 0 heterocycles. The topological polar surface area (TPSA) is 94.8 Å². The molecule has 6 heteroatoms. The molecule has 0 radical (unpaired) electrons. The number of carboxylic acids is 2. The summed E-state index contributed by atoms with van der Waals surface area (Å²) in [4.78, 5) is 23.5. The fraction of sp³-hybridized carbons (Fsp3) is 0.355. The van der Waals surface area contributed by atoms with Gasteiger partial charge in [-0.3, -0.25) is 4.79 Å². The molecule has 0 saturated carbocycles. The van der Waals surface area contributed by atoms with E-state index in [1.165, 1.54) is 43.0 Å². The summed E-state index contributed by atoms with van der Waals surface area (Å²) in [5.41, 5.74) is 3.96. The Bertz CT molecular complexity index is 1110. The molecule has 0 unspecified atom stereocenters. The molecule has 0 spiro atoms. The Morgan fingerprint density at radius 2 is 1.27 bits per heavy atom. The Kier molecular flexibility index (Phi) is 11.7. The van der Waals surface area contributed by atoms with E-state index < -0.39 is 23.3 Å².